The summed E-state index contributed by atoms with van der Waals surface area (Å²) in [6, 6.07) is 0. The first-order valence-corrected chi connectivity index (χ1v) is 8.07. The predicted molar refractivity (Wildman–Crippen MR) is 80.8 cm³/mol. The van der Waals surface area contributed by atoms with Crippen LogP contribution < -0.4 is 0 Å². The van der Waals surface area contributed by atoms with Crippen LogP contribution in [0, 0.1) is 11.8 Å². The summed E-state index contributed by atoms with van der Waals surface area (Å²) < 4.78 is 5.58. The molecule has 1 aliphatic carbocycles. The Morgan fingerprint density at radius 1 is 1.19 bits per heavy atom. The largest absolute Gasteiger partial charge is 0.462 e. The molecule has 1 heterocycles. The lowest BCUT2D eigenvalue weighted by Gasteiger charge is -2.31. The summed E-state index contributed by atoms with van der Waals surface area (Å²) in [7, 11) is 3.55. The predicted octanol–water partition coefficient (Wildman–Crippen LogP) is 1.52. The van der Waals surface area contributed by atoms with Crippen LogP contribution in [-0.4, -0.2) is 61.5 Å². The number of ether oxygens (including phenoxy) is 1. The number of carbonyl (C=O) groups excluding carboxylic acids is 2. The van der Waals surface area contributed by atoms with Gasteiger partial charge in [0.05, 0.1) is 6.54 Å². The van der Waals surface area contributed by atoms with E-state index in [1.54, 1.807) is 19.0 Å². The molecule has 1 amide bonds. The van der Waals surface area contributed by atoms with E-state index >= 15 is 0 Å². The third-order valence-corrected chi connectivity index (χ3v) is 4.61. The van der Waals surface area contributed by atoms with E-state index in [2.05, 4.69) is 11.8 Å². The third kappa shape index (κ3) is 5.30. The van der Waals surface area contributed by atoms with E-state index < -0.39 is 0 Å². The number of likely N-dealkylation sites (tertiary alicyclic amines) is 1. The zero-order valence-corrected chi connectivity index (χ0v) is 13.5. The second kappa shape index (κ2) is 7.25. The minimum absolute atomic E-state index is 0.0367. The average Bonchev–Trinajstić information content (AvgIpc) is 3.25. The van der Waals surface area contributed by atoms with Crippen molar-refractivity contribution in [2.75, 3.05) is 33.7 Å². The minimum Gasteiger partial charge on any atom is -0.462 e. The van der Waals surface area contributed by atoms with E-state index in [1.807, 2.05) is 0 Å². The highest BCUT2D eigenvalue weighted by Gasteiger charge is 2.31. The van der Waals surface area contributed by atoms with Gasteiger partial charge in [0.25, 0.3) is 0 Å². The summed E-state index contributed by atoms with van der Waals surface area (Å²) in [5.74, 6) is 1.30. The van der Waals surface area contributed by atoms with E-state index in [-0.39, 0.29) is 18.0 Å². The molecule has 0 aromatic rings. The fourth-order valence-electron chi connectivity index (χ4n) is 2.85. The maximum atomic E-state index is 11.9. The molecule has 0 radical (unpaired) electrons. The Labute approximate surface area is 127 Å². The fraction of sp³-hybridized carbons (Fsp3) is 0.875. The van der Waals surface area contributed by atoms with Gasteiger partial charge >= 0.3 is 5.97 Å². The van der Waals surface area contributed by atoms with Crippen molar-refractivity contribution < 1.29 is 14.3 Å². The molecule has 2 rings (SSSR count). The second-order valence-corrected chi connectivity index (χ2v) is 6.77. The van der Waals surface area contributed by atoms with Crippen LogP contribution in [0.25, 0.3) is 0 Å². The zero-order valence-electron chi connectivity index (χ0n) is 13.5. The third-order valence-electron chi connectivity index (χ3n) is 4.61. The van der Waals surface area contributed by atoms with Crippen molar-refractivity contribution >= 4 is 11.9 Å². The Bertz CT molecular complexity index is 372. The lowest BCUT2D eigenvalue weighted by atomic mass is 10.0. The summed E-state index contributed by atoms with van der Waals surface area (Å²) in [6.07, 6.45) is 4.81. The van der Waals surface area contributed by atoms with Crippen molar-refractivity contribution in [3.8, 4) is 0 Å². The molecule has 1 unspecified atom stereocenters. The van der Waals surface area contributed by atoms with E-state index in [9.17, 15) is 9.59 Å². The quantitative estimate of drug-likeness (QED) is 0.697. The standard InChI is InChI=1S/C16H28N2O3/c1-12(13-4-5-13)10-16(20)21-14-6-8-18(9-7-14)11-15(19)17(2)3/h12-14H,4-11H2,1-3H3. The zero-order chi connectivity index (χ0) is 15.4. The Morgan fingerprint density at radius 2 is 1.81 bits per heavy atom. The molecule has 5 nitrogen and oxygen atoms in total. The SMILES string of the molecule is CC(CC(=O)OC1CCN(CC(=O)N(C)C)CC1)C1CC1. The van der Waals surface area contributed by atoms with Crippen LogP contribution in [0.15, 0.2) is 0 Å². The molecular formula is C16H28N2O3. The first kappa shape index (κ1) is 16.3. The fourth-order valence-corrected chi connectivity index (χ4v) is 2.85. The molecule has 0 bridgehead atoms. The van der Waals surface area contributed by atoms with Crippen molar-refractivity contribution in [2.24, 2.45) is 11.8 Å². The van der Waals surface area contributed by atoms with Crippen LogP contribution in [0.4, 0.5) is 0 Å². The average molecular weight is 296 g/mol. The van der Waals surface area contributed by atoms with Crippen LogP contribution in [0.1, 0.15) is 39.0 Å². The van der Waals surface area contributed by atoms with Crippen molar-refractivity contribution in [3.63, 3.8) is 0 Å². The summed E-state index contributed by atoms with van der Waals surface area (Å²) >= 11 is 0. The number of amides is 1. The molecule has 2 aliphatic rings. The van der Waals surface area contributed by atoms with Crippen molar-refractivity contribution in [1.82, 2.24) is 9.80 Å². The molecule has 0 aromatic heterocycles. The maximum Gasteiger partial charge on any atom is 0.306 e. The molecule has 0 N–H and O–H groups in total. The van der Waals surface area contributed by atoms with Gasteiger partial charge in [-0.2, -0.15) is 0 Å². The summed E-state index contributed by atoms with van der Waals surface area (Å²) in [5.41, 5.74) is 0. The summed E-state index contributed by atoms with van der Waals surface area (Å²) in [5, 5.41) is 0. The van der Waals surface area contributed by atoms with Crippen LogP contribution in [-0.2, 0) is 14.3 Å². The molecule has 1 saturated carbocycles. The molecular weight excluding hydrogens is 268 g/mol. The smallest absolute Gasteiger partial charge is 0.306 e. The molecule has 0 aromatic carbocycles. The molecule has 1 atom stereocenters. The van der Waals surface area contributed by atoms with Crippen LogP contribution >= 0.6 is 0 Å². The Balaban J connectivity index is 1.64. The lowest BCUT2D eigenvalue weighted by molar-refractivity contribution is -0.153. The Kier molecular flexibility index (Phi) is 5.62. The minimum atomic E-state index is -0.0442. The van der Waals surface area contributed by atoms with Gasteiger partial charge in [0.1, 0.15) is 6.10 Å². The van der Waals surface area contributed by atoms with Gasteiger partial charge in [-0.1, -0.05) is 6.92 Å². The van der Waals surface area contributed by atoms with Gasteiger partial charge in [-0.05, 0) is 37.5 Å². The highest BCUT2D eigenvalue weighted by Crippen LogP contribution is 2.38. The number of hydrogen-bond donors (Lipinski definition) is 0. The monoisotopic (exact) mass is 296 g/mol. The van der Waals surface area contributed by atoms with Gasteiger partial charge in [-0.25, -0.2) is 0 Å². The van der Waals surface area contributed by atoms with Crippen LogP contribution in [0.5, 0.6) is 0 Å². The van der Waals surface area contributed by atoms with Gasteiger partial charge in [-0.3, -0.25) is 14.5 Å². The maximum absolute atomic E-state index is 11.9. The van der Waals surface area contributed by atoms with Gasteiger partial charge in [0, 0.05) is 33.6 Å². The van der Waals surface area contributed by atoms with Gasteiger partial charge < -0.3 is 9.64 Å². The van der Waals surface area contributed by atoms with Crippen molar-refractivity contribution in [3.05, 3.63) is 0 Å². The lowest BCUT2D eigenvalue weighted by Crippen LogP contribution is -2.43. The molecule has 21 heavy (non-hydrogen) atoms. The second-order valence-electron chi connectivity index (χ2n) is 6.77. The highest BCUT2D eigenvalue weighted by atomic mass is 16.5. The van der Waals surface area contributed by atoms with Crippen molar-refractivity contribution in [1.29, 1.82) is 0 Å². The molecule has 120 valence electrons. The first-order valence-electron chi connectivity index (χ1n) is 8.07. The summed E-state index contributed by atoms with van der Waals surface area (Å²) in [4.78, 5) is 27.3. The molecule has 0 spiro atoms. The number of piperidine rings is 1. The Hall–Kier alpha value is -1.10. The number of likely N-dealkylation sites (N-methyl/N-ethyl adjacent to an activating group) is 1. The van der Waals surface area contributed by atoms with E-state index in [0.717, 1.165) is 31.8 Å². The van der Waals surface area contributed by atoms with Crippen LogP contribution in [0.2, 0.25) is 0 Å². The number of nitrogens with zero attached hydrogens (tertiary/aromatic N) is 2. The number of carbonyl (C=O) groups is 2. The summed E-state index contributed by atoms with van der Waals surface area (Å²) in [6.45, 7) is 4.27. The van der Waals surface area contributed by atoms with E-state index in [4.69, 9.17) is 4.74 Å². The van der Waals surface area contributed by atoms with Gasteiger partial charge in [0.2, 0.25) is 5.91 Å². The molecule has 1 saturated heterocycles. The number of esters is 1. The first-order chi connectivity index (χ1) is 9.95. The highest BCUT2D eigenvalue weighted by molar-refractivity contribution is 5.77. The number of rotatable bonds is 6. The van der Waals surface area contributed by atoms with Crippen molar-refractivity contribution in [2.45, 2.75) is 45.1 Å². The van der Waals surface area contributed by atoms with Crippen LogP contribution in [0.3, 0.4) is 0 Å². The topological polar surface area (TPSA) is 49.9 Å². The Morgan fingerprint density at radius 3 is 2.33 bits per heavy atom. The van der Waals surface area contributed by atoms with Gasteiger partial charge in [0.15, 0.2) is 0 Å². The van der Waals surface area contributed by atoms with E-state index in [1.165, 1.54) is 12.8 Å². The molecule has 2 fully saturated rings. The normalized spacial score (nSPS) is 21.9. The van der Waals surface area contributed by atoms with Gasteiger partial charge in [-0.15, -0.1) is 0 Å². The molecule has 1 aliphatic heterocycles. The number of hydrogen-bond acceptors (Lipinski definition) is 4. The molecule has 5 heteroatoms. The van der Waals surface area contributed by atoms with E-state index in [0.29, 0.717) is 18.9 Å².